The molecule has 68 valence electrons. The first-order valence-corrected chi connectivity index (χ1v) is 4.15. The van der Waals surface area contributed by atoms with E-state index in [0.29, 0.717) is 17.0 Å². The molecular weight excluding hydrogens is 176 g/mol. The molecule has 0 unspecified atom stereocenters. The number of hydrogen-bond acceptors (Lipinski definition) is 3. The van der Waals surface area contributed by atoms with Crippen LogP contribution in [0.2, 0.25) is 0 Å². The van der Waals surface area contributed by atoms with Crippen molar-refractivity contribution in [3.63, 3.8) is 0 Å². The van der Waals surface area contributed by atoms with Crippen LogP contribution in [-0.4, -0.2) is 14.6 Å². The lowest BCUT2D eigenvalue weighted by molar-refractivity contribution is 0.907. The van der Waals surface area contributed by atoms with Crippen LogP contribution in [0.1, 0.15) is 17.1 Å². The monoisotopic (exact) mass is 184 g/mol. The summed E-state index contributed by atoms with van der Waals surface area (Å²) >= 11 is 0. The van der Waals surface area contributed by atoms with Crippen molar-refractivity contribution < 1.29 is 0 Å². The highest BCUT2D eigenvalue weighted by molar-refractivity contribution is 5.57. The van der Waals surface area contributed by atoms with Gasteiger partial charge in [0.15, 0.2) is 11.5 Å². The first kappa shape index (κ1) is 8.45. The van der Waals surface area contributed by atoms with Gasteiger partial charge in [0.25, 0.3) is 0 Å². The van der Waals surface area contributed by atoms with Crippen molar-refractivity contribution in [1.29, 1.82) is 5.26 Å². The molecule has 0 fully saturated rings. The maximum atomic E-state index is 8.85. The molecule has 0 amide bonds. The number of aromatic nitrogens is 3. The molecule has 0 aliphatic heterocycles. The number of nitriles is 1. The Hall–Kier alpha value is -2.15. The minimum Gasteiger partial charge on any atom is -0.216 e. The van der Waals surface area contributed by atoms with Gasteiger partial charge in [-0.1, -0.05) is 6.58 Å². The number of fused-ring (bicyclic) bond motifs is 1. The van der Waals surface area contributed by atoms with Crippen LogP contribution in [0.25, 0.3) is 11.7 Å². The van der Waals surface area contributed by atoms with Crippen LogP contribution in [0, 0.1) is 18.3 Å². The Labute approximate surface area is 81.1 Å². The fraction of sp³-hybridized carbons (Fsp3) is 0.100. The molecule has 2 aromatic rings. The van der Waals surface area contributed by atoms with Crippen LogP contribution >= 0.6 is 0 Å². The van der Waals surface area contributed by atoms with Crippen LogP contribution in [0.4, 0.5) is 0 Å². The molecule has 0 bridgehead atoms. The molecular formula is C10H8N4. The summed E-state index contributed by atoms with van der Waals surface area (Å²) in [6, 6.07) is 5.66. The largest absolute Gasteiger partial charge is 0.216 e. The second kappa shape index (κ2) is 2.96. The molecule has 0 aromatic carbocycles. The predicted octanol–water partition coefficient (Wildman–Crippen LogP) is 1.55. The standard InChI is InChI=1S/C10H8N4/c1-3-9-12-10-8(6-11)5-4-7(2)14(10)13-9/h3-5H,1H2,2H3. The number of rotatable bonds is 1. The average molecular weight is 184 g/mol. The first-order valence-electron chi connectivity index (χ1n) is 4.15. The van der Waals surface area contributed by atoms with Crippen LogP contribution in [0.5, 0.6) is 0 Å². The Balaban J connectivity index is 2.89. The van der Waals surface area contributed by atoms with E-state index in [0.717, 1.165) is 5.69 Å². The molecule has 0 aliphatic carbocycles. The molecule has 0 aliphatic rings. The topological polar surface area (TPSA) is 54.0 Å². The summed E-state index contributed by atoms with van der Waals surface area (Å²) in [4.78, 5) is 4.17. The second-order valence-corrected chi connectivity index (χ2v) is 2.91. The molecule has 0 saturated heterocycles. The molecule has 14 heavy (non-hydrogen) atoms. The summed E-state index contributed by atoms with van der Waals surface area (Å²) in [5.74, 6) is 0.538. The number of hydrogen-bond donors (Lipinski definition) is 0. The third-order valence-corrected chi connectivity index (χ3v) is 1.99. The van der Waals surface area contributed by atoms with Gasteiger partial charge in [-0.3, -0.25) is 0 Å². The maximum absolute atomic E-state index is 8.85. The highest BCUT2D eigenvalue weighted by atomic mass is 15.3. The average Bonchev–Trinajstić information content (AvgIpc) is 2.63. The van der Waals surface area contributed by atoms with E-state index in [1.54, 1.807) is 16.7 Å². The van der Waals surface area contributed by atoms with Gasteiger partial charge >= 0.3 is 0 Å². The van der Waals surface area contributed by atoms with Crippen LogP contribution in [0.15, 0.2) is 18.7 Å². The summed E-state index contributed by atoms with van der Waals surface area (Å²) < 4.78 is 1.65. The molecule has 4 nitrogen and oxygen atoms in total. The zero-order chi connectivity index (χ0) is 10.1. The predicted molar refractivity (Wildman–Crippen MR) is 52.5 cm³/mol. The van der Waals surface area contributed by atoms with Crippen molar-refractivity contribution in [2.75, 3.05) is 0 Å². The number of nitrogens with zero attached hydrogens (tertiary/aromatic N) is 4. The van der Waals surface area contributed by atoms with Gasteiger partial charge in [0.05, 0.1) is 5.56 Å². The van der Waals surface area contributed by atoms with Gasteiger partial charge in [-0.2, -0.15) is 5.26 Å². The SMILES string of the molecule is C=Cc1nc2c(C#N)ccc(C)n2n1. The maximum Gasteiger partial charge on any atom is 0.174 e. The summed E-state index contributed by atoms with van der Waals surface area (Å²) in [5, 5.41) is 13.0. The lowest BCUT2D eigenvalue weighted by atomic mass is 10.2. The first-order chi connectivity index (χ1) is 6.76. The van der Waals surface area contributed by atoms with Gasteiger partial charge in [-0.15, -0.1) is 5.10 Å². The van der Waals surface area contributed by atoms with Gasteiger partial charge in [0.1, 0.15) is 6.07 Å². The lowest BCUT2D eigenvalue weighted by Gasteiger charge is -1.96. The van der Waals surface area contributed by atoms with E-state index < -0.39 is 0 Å². The molecule has 2 aromatic heterocycles. The van der Waals surface area contributed by atoms with Crippen LogP contribution in [-0.2, 0) is 0 Å². The molecule has 0 radical (unpaired) electrons. The molecule has 2 rings (SSSR count). The summed E-state index contributed by atoms with van der Waals surface area (Å²) in [7, 11) is 0. The zero-order valence-corrected chi connectivity index (χ0v) is 7.73. The lowest BCUT2D eigenvalue weighted by Crippen LogP contribution is -1.95. The van der Waals surface area contributed by atoms with E-state index >= 15 is 0 Å². The normalized spacial score (nSPS) is 10.0. The van der Waals surface area contributed by atoms with E-state index in [1.165, 1.54) is 0 Å². The zero-order valence-electron chi connectivity index (χ0n) is 7.73. The van der Waals surface area contributed by atoms with Gasteiger partial charge in [0.2, 0.25) is 0 Å². The highest BCUT2D eigenvalue weighted by Crippen LogP contribution is 2.10. The molecule has 0 spiro atoms. The van der Waals surface area contributed by atoms with Crippen LogP contribution in [0.3, 0.4) is 0 Å². The molecule has 4 heteroatoms. The van der Waals surface area contributed by atoms with Gasteiger partial charge < -0.3 is 0 Å². The van der Waals surface area contributed by atoms with Gasteiger partial charge in [-0.05, 0) is 25.1 Å². The fourth-order valence-corrected chi connectivity index (χ4v) is 1.27. The van der Waals surface area contributed by atoms with E-state index in [9.17, 15) is 0 Å². The van der Waals surface area contributed by atoms with Crippen LogP contribution < -0.4 is 0 Å². The number of aryl methyl sites for hydroxylation is 1. The minimum atomic E-state index is 0.524. The van der Waals surface area contributed by atoms with E-state index in [1.807, 2.05) is 13.0 Å². The fourth-order valence-electron chi connectivity index (χ4n) is 1.27. The summed E-state index contributed by atoms with van der Waals surface area (Å²) in [6.07, 6.45) is 1.56. The van der Waals surface area contributed by atoms with Crippen molar-refractivity contribution in [3.05, 3.63) is 35.8 Å². The third-order valence-electron chi connectivity index (χ3n) is 1.99. The Bertz CT molecular complexity index is 545. The molecule has 2 heterocycles. The molecule has 0 atom stereocenters. The van der Waals surface area contributed by atoms with Gasteiger partial charge in [-0.25, -0.2) is 9.50 Å². The Morgan fingerprint density at radius 3 is 3.00 bits per heavy atom. The Kier molecular flexibility index (Phi) is 1.79. The van der Waals surface area contributed by atoms with Gasteiger partial charge in [0, 0.05) is 5.69 Å². The third kappa shape index (κ3) is 1.07. The number of pyridine rings is 1. The van der Waals surface area contributed by atoms with E-state index in [4.69, 9.17) is 5.26 Å². The Morgan fingerprint density at radius 1 is 1.57 bits per heavy atom. The minimum absolute atomic E-state index is 0.524. The molecule has 0 saturated carbocycles. The van der Waals surface area contributed by atoms with Crippen molar-refractivity contribution in [2.45, 2.75) is 6.92 Å². The van der Waals surface area contributed by atoms with E-state index in [-0.39, 0.29) is 0 Å². The Morgan fingerprint density at radius 2 is 2.36 bits per heavy atom. The van der Waals surface area contributed by atoms with E-state index in [2.05, 4.69) is 22.7 Å². The highest BCUT2D eigenvalue weighted by Gasteiger charge is 2.07. The van der Waals surface area contributed by atoms with Crippen molar-refractivity contribution >= 4 is 11.7 Å². The van der Waals surface area contributed by atoms with Crippen molar-refractivity contribution in [1.82, 2.24) is 14.6 Å². The van der Waals surface area contributed by atoms with Crippen molar-refractivity contribution in [3.8, 4) is 6.07 Å². The second-order valence-electron chi connectivity index (χ2n) is 2.91. The summed E-state index contributed by atoms with van der Waals surface area (Å²) in [6.45, 7) is 5.50. The van der Waals surface area contributed by atoms with Crippen molar-refractivity contribution in [2.24, 2.45) is 0 Å². The smallest absolute Gasteiger partial charge is 0.174 e. The summed E-state index contributed by atoms with van der Waals surface area (Å²) in [5.41, 5.74) is 2.05. The molecule has 0 N–H and O–H groups in total. The quantitative estimate of drug-likeness (QED) is 0.675.